The van der Waals surface area contributed by atoms with Crippen LogP contribution in [0.15, 0.2) is 18.5 Å². The first-order valence-corrected chi connectivity index (χ1v) is 5.09. The molecule has 0 radical (unpaired) electrons. The zero-order valence-electron chi connectivity index (χ0n) is 9.04. The quantitative estimate of drug-likeness (QED) is 0.753. The molecule has 3 heteroatoms. The van der Waals surface area contributed by atoms with E-state index in [0.29, 0.717) is 0 Å². The number of rotatable bonds is 1. The number of hydrogen-bond donors (Lipinski definition) is 1. The fourth-order valence-electron chi connectivity index (χ4n) is 1.08. The smallest absolute Gasteiger partial charge is 0.0833 e. The molecule has 2 heterocycles. The van der Waals surface area contributed by atoms with Crippen molar-refractivity contribution in [1.82, 2.24) is 15.2 Å². The Balaban J connectivity index is 0.000000293. The van der Waals surface area contributed by atoms with Crippen LogP contribution >= 0.6 is 0 Å². The Labute approximate surface area is 84.6 Å². The van der Waals surface area contributed by atoms with Gasteiger partial charge in [0.2, 0.25) is 0 Å². The van der Waals surface area contributed by atoms with Crippen LogP contribution in [0.4, 0.5) is 0 Å². The Morgan fingerprint density at radius 3 is 2.57 bits per heavy atom. The third-order valence-corrected chi connectivity index (χ3v) is 1.74. The van der Waals surface area contributed by atoms with Gasteiger partial charge in [-0.2, -0.15) is 5.10 Å². The van der Waals surface area contributed by atoms with Crippen molar-refractivity contribution in [2.75, 3.05) is 0 Å². The second-order valence-electron chi connectivity index (χ2n) is 3.19. The normalized spacial score (nSPS) is 9.64. The van der Waals surface area contributed by atoms with Crippen molar-refractivity contribution in [3.63, 3.8) is 0 Å². The molecule has 3 nitrogen and oxygen atoms in total. The van der Waals surface area contributed by atoms with E-state index in [1.54, 1.807) is 0 Å². The van der Waals surface area contributed by atoms with Crippen molar-refractivity contribution in [2.24, 2.45) is 0 Å². The molecule has 0 amide bonds. The van der Waals surface area contributed by atoms with E-state index in [1.165, 1.54) is 6.42 Å². The lowest BCUT2D eigenvalue weighted by atomic mass is 10.2. The van der Waals surface area contributed by atoms with E-state index in [2.05, 4.69) is 42.0 Å². The fraction of sp³-hybridized carbons (Fsp3) is 0.455. The summed E-state index contributed by atoms with van der Waals surface area (Å²) in [7, 11) is 0. The minimum atomic E-state index is 0.973. The highest BCUT2D eigenvalue weighted by Gasteiger charge is 1.95. The average Bonchev–Trinajstić information content (AvgIpc) is 2.65. The maximum absolute atomic E-state index is 4.23. The van der Waals surface area contributed by atoms with E-state index in [1.807, 2.05) is 12.4 Å². The highest BCUT2D eigenvalue weighted by Crippen LogP contribution is 2.09. The molecule has 0 aromatic carbocycles. The number of aromatic amines is 1. The Kier molecular flexibility index (Phi) is 4.11. The van der Waals surface area contributed by atoms with Crippen molar-refractivity contribution in [2.45, 2.75) is 33.6 Å². The SMILES string of the molecule is CCC.CCc1cc2cn[nH]c2cn1. The minimum Gasteiger partial charge on any atom is -0.276 e. The summed E-state index contributed by atoms with van der Waals surface area (Å²) in [5.41, 5.74) is 2.11. The summed E-state index contributed by atoms with van der Waals surface area (Å²) in [6.07, 6.45) is 5.86. The summed E-state index contributed by atoms with van der Waals surface area (Å²) in [6.45, 7) is 6.34. The lowest BCUT2D eigenvalue weighted by Crippen LogP contribution is -1.84. The van der Waals surface area contributed by atoms with E-state index in [0.717, 1.165) is 23.0 Å². The minimum absolute atomic E-state index is 0.973. The molecule has 0 unspecified atom stereocenters. The number of pyridine rings is 1. The predicted octanol–water partition coefficient (Wildman–Crippen LogP) is 2.94. The van der Waals surface area contributed by atoms with Gasteiger partial charge in [0.05, 0.1) is 17.9 Å². The molecular formula is C11H17N3. The second kappa shape index (κ2) is 5.37. The first kappa shape index (κ1) is 10.7. The number of H-pyrrole nitrogens is 1. The lowest BCUT2D eigenvalue weighted by Gasteiger charge is -1.92. The van der Waals surface area contributed by atoms with Crippen LogP contribution in [0, 0.1) is 0 Å². The first-order valence-electron chi connectivity index (χ1n) is 5.09. The number of aromatic nitrogens is 3. The summed E-state index contributed by atoms with van der Waals surface area (Å²) >= 11 is 0. The second-order valence-corrected chi connectivity index (χ2v) is 3.19. The third-order valence-electron chi connectivity index (χ3n) is 1.74. The first-order chi connectivity index (χ1) is 6.81. The monoisotopic (exact) mass is 191 g/mol. The Bertz CT molecular complexity index is 379. The van der Waals surface area contributed by atoms with Gasteiger partial charge in [-0.15, -0.1) is 0 Å². The summed E-state index contributed by atoms with van der Waals surface area (Å²) in [5, 5.41) is 7.91. The fourth-order valence-corrected chi connectivity index (χ4v) is 1.08. The van der Waals surface area contributed by atoms with Gasteiger partial charge in [0.15, 0.2) is 0 Å². The van der Waals surface area contributed by atoms with Crippen LogP contribution < -0.4 is 0 Å². The van der Waals surface area contributed by atoms with Crippen LogP contribution in [0.2, 0.25) is 0 Å². The van der Waals surface area contributed by atoms with Crippen LogP contribution in [0.5, 0.6) is 0 Å². The van der Waals surface area contributed by atoms with Gasteiger partial charge in [-0.05, 0) is 12.5 Å². The maximum Gasteiger partial charge on any atom is 0.0833 e. The van der Waals surface area contributed by atoms with Crippen molar-refractivity contribution in [3.05, 3.63) is 24.2 Å². The van der Waals surface area contributed by atoms with E-state index in [9.17, 15) is 0 Å². The standard InChI is InChI=1S/C8H9N3.C3H8/c1-2-7-3-6-4-10-11-8(6)5-9-7;1-3-2/h3-5H,2H2,1H3,(H,10,11);3H2,1-2H3. The molecular weight excluding hydrogens is 174 g/mol. The van der Waals surface area contributed by atoms with Crippen molar-refractivity contribution in [3.8, 4) is 0 Å². The summed E-state index contributed by atoms with van der Waals surface area (Å²) in [6, 6.07) is 2.05. The molecule has 14 heavy (non-hydrogen) atoms. The topological polar surface area (TPSA) is 41.6 Å². The lowest BCUT2D eigenvalue weighted by molar-refractivity contribution is 1.04. The van der Waals surface area contributed by atoms with Crippen LogP contribution in [0.3, 0.4) is 0 Å². The van der Waals surface area contributed by atoms with Gasteiger partial charge < -0.3 is 0 Å². The third kappa shape index (κ3) is 2.55. The Hall–Kier alpha value is -1.38. The molecule has 76 valence electrons. The van der Waals surface area contributed by atoms with Crippen LogP contribution in [0.25, 0.3) is 10.9 Å². The molecule has 0 bridgehead atoms. The molecule has 0 aliphatic carbocycles. The van der Waals surface area contributed by atoms with Gasteiger partial charge in [0.25, 0.3) is 0 Å². The zero-order chi connectivity index (χ0) is 10.4. The molecule has 2 aromatic heterocycles. The van der Waals surface area contributed by atoms with Crippen LogP contribution in [-0.2, 0) is 6.42 Å². The van der Waals surface area contributed by atoms with E-state index in [4.69, 9.17) is 0 Å². The van der Waals surface area contributed by atoms with Gasteiger partial charge in [0, 0.05) is 11.1 Å². The molecule has 2 rings (SSSR count). The number of aryl methyl sites for hydroxylation is 1. The Morgan fingerprint density at radius 2 is 1.93 bits per heavy atom. The molecule has 0 aliphatic rings. The van der Waals surface area contributed by atoms with Gasteiger partial charge in [0.1, 0.15) is 0 Å². The van der Waals surface area contributed by atoms with Crippen LogP contribution in [-0.4, -0.2) is 15.2 Å². The van der Waals surface area contributed by atoms with Gasteiger partial charge >= 0.3 is 0 Å². The molecule has 0 spiro atoms. The van der Waals surface area contributed by atoms with Gasteiger partial charge in [-0.1, -0.05) is 27.2 Å². The number of hydrogen-bond acceptors (Lipinski definition) is 2. The molecule has 1 N–H and O–H groups in total. The van der Waals surface area contributed by atoms with Crippen molar-refractivity contribution < 1.29 is 0 Å². The van der Waals surface area contributed by atoms with Crippen molar-refractivity contribution in [1.29, 1.82) is 0 Å². The maximum atomic E-state index is 4.23. The highest BCUT2D eigenvalue weighted by molar-refractivity contribution is 5.76. The number of fused-ring (bicyclic) bond motifs is 1. The number of nitrogens with one attached hydrogen (secondary N) is 1. The predicted molar refractivity (Wildman–Crippen MR) is 59.2 cm³/mol. The van der Waals surface area contributed by atoms with E-state index >= 15 is 0 Å². The summed E-state index contributed by atoms with van der Waals surface area (Å²) in [4.78, 5) is 4.23. The molecule has 2 aromatic rings. The Morgan fingerprint density at radius 1 is 1.21 bits per heavy atom. The van der Waals surface area contributed by atoms with Gasteiger partial charge in [-0.25, -0.2) is 0 Å². The zero-order valence-corrected chi connectivity index (χ0v) is 9.04. The molecule has 0 fully saturated rings. The molecule has 0 aliphatic heterocycles. The largest absolute Gasteiger partial charge is 0.276 e. The van der Waals surface area contributed by atoms with Crippen molar-refractivity contribution >= 4 is 10.9 Å². The summed E-state index contributed by atoms with van der Waals surface area (Å²) in [5.74, 6) is 0. The van der Waals surface area contributed by atoms with E-state index in [-0.39, 0.29) is 0 Å². The molecule has 0 saturated carbocycles. The van der Waals surface area contributed by atoms with E-state index < -0.39 is 0 Å². The molecule has 0 atom stereocenters. The molecule has 0 saturated heterocycles. The number of nitrogens with zero attached hydrogens (tertiary/aromatic N) is 2. The van der Waals surface area contributed by atoms with Crippen LogP contribution in [0.1, 0.15) is 32.9 Å². The highest BCUT2D eigenvalue weighted by atomic mass is 15.1. The average molecular weight is 191 g/mol. The summed E-state index contributed by atoms with van der Waals surface area (Å²) < 4.78 is 0. The van der Waals surface area contributed by atoms with Gasteiger partial charge in [-0.3, -0.25) is 10.1 Å².